The maximum atomic E-state index is 10.9. The SMILES string of the molecule is CC(NCc1c(Cl)cccc1[N+](=O)[O-])C(C)(C)C. The zero-order valence-corrected chi connectivity index (χ0v) is 11.9. The van der Waals surface area contributed by atoms with Gasteiger partial charge in [-0.1, -0.05) is 38.4 Å². The van der Waals surface area contributed by atoms with Crippen molar-refractivity contribution >= 4 is 17.3 Å². The van der Waals surface area contributed by atoms with Crippen molar-refractivity contribution in [1.29, 1.82) is 0 Å². The first kappa shape index (κ1) is 14.9. The Balaban J connectivity index is 2.88. The number of rotatable bonds is 4. The molecule has 0 amide bonds. The Kier molecular flexibility index (Phi) is 4.71. The van der Waals surface area contributed by atoms with Gasteiger partial charge in [-0.2, -0.15) is 0 Å². The van der Waals surface area contributed by atoms with E-state index in [-0.39, 0.29) is 17.1 Å². The molecule has 1 atom stereocenters. The van der Waals surface area contributed by atoms with E-state index in [1.165, 1.54) is 6.07 Å². The third-order valence-corrected chi connectivity index (χ3v) is 3.53. The molecule has 5 heteroatoms. The summed E-state index contributed by atoms with van der Waals surface area (Å²) in [7, 11) is 0. The van der Waals surface area contributed by atoms with Gasteiger partial charge >= 0.3 is 0 Å². The molecule has 1 unspecified atom stereocenters. The van der Waals surface area contributed by atoms with E-state index in [1.807, 2.05) is 0 Å². The van der Waals surface area contributed by atoms with Gasteiger partial charge in [-0.25, -0.2) is 0 Å². The van der Waals surface area contributed by atoms with Crippen LogP contribution in [0.2, 0.25) is 5.02 Å². The molecule has 0 fully saturated rings. The predicted molar refractivity (Wildman–Crippen MR) is 73.9 cm³/mol. The van der Waals surface area contributed by atoms with E-state index in [4.69, 9.17) is 11.6 Å². The molecule has 0 aliphatic rings. The van der Waals surface area contributed by atoms with Gasteiger partial charge in [0.1, 0.15) is 0 Å². The third-order valence-electron chi connectivity index (χ3n) is 3.17. The fourth-order valence-corrected chi connectivity index (χ4v) is 1.69. The van der Waals surface area contributed by atoms with Crippen LogP contribution >= 0.6 is 11.6 Å². The highest BCUT2D eigenvalue weighted by Gasteiger charge is 2.22. The predicted octanol–water partition coefficient (Wildman–Crippen LogP) is 3.77. The van der Waals surface area contributed by atoms with Crippen LogP contribution in [0.4, 0.5) is 5.69 Å². The number of nitrogens with zero attached hydrogens (tertiary/aromatic N) is 1. The summed E-state index contributed by atoms with van der Waals surface area (Å²) in [4.78, 5) is 10.5. The molecule has 0 saturated heterocycles. The molecular formula is C13H19ClN2O2. The molecule has 0 aliphatic carbocycles. The molecule has 1 aromatic rings. The number of benzene rings is 1. The minimum absolute atomic E-state index is 0.0658. The van der Waals surface area contributed by atoms with Gasteiger partial charge in [0, 0.05) is 18.7 Å². The van der Waals surface area contributed by atoms with E-state index in [0.717, 1.165) is 0 Å². The van der Waals surface area contributed by atoms with Gasteiger partial charge in [0.2, 0.25) is 0 Å². The Labute approximate surface area is 112 Å². The minimum atomic E-state index is -0.398. The van der Waals surface area contributed by atoms with Gasteiger partial charge in [-0.15, -0.1) is 0 Å². The number of hydrogen-bond acceptors (Lipinski definition) is 3. The summed E-state index contributed by atoms with van der Waals surface area (Å²) in [5.74, 6) is 0. The van der Waals surface area contributed by atoms with Crippen molar-refractivity contribution in [3.05, 3.63) is 38.9 Å². The molecule has 0 bridgehead atoms. The Morgan fingerprint density at radius 3 is 2.56 bits per heavy atom. The molecule has 0 radical (unpaired) electrons. The number of nitrogens with one attached hydrogen (secondary N) is 1. The molecule has 1 rings (SSSR count). The normalized spacial score (nSPS) is 13.4. The van der Waals surface area contributed by atoms with Gasteiger partial charge in [0.15, 0.2) is 0 Å². The lowest BCUT2D eigenvalue weighted by atomic mass is 9.88. The zero-order valence-electron chi connectivity index (χ0n) is 11.2. The van der Waals surface area contributed by atoms with Crippen LogP contribution in [0.15, 0.2) is 18.2 Å². The quantitative estimate of drug-likeness (QED) is 0.669. The number of nitro benzene ring substituents is 1. The van der Waals surface area contributed by atoms with E-state index >= 15 is 0 Å². The maximum Gasteiger partial charge on any atom is 0.275 e. The largest absolute Gasteiger partial charge is 0.309 e. The highest BCUT2D eigenvalue weighted by atomic mass is 35.5. The third kappa shape index (κ3) is 3.68. The van der Waals surface area contributed by atoms with Crippen molar-refractivity contribution in [1.82, 2.24) is 5.32 Å². The Morgan fingerprint density at radius 1 is 1.44 bits per heavy atom. The summed E-state index contributed by atoms with van der Waals surface area (Å²) in [6.07, 6.45) is 0. The molecular weight excluding hydrogens is 252 g/mol. The van der Waals surface area contributed by atoms with Gasteiger partial charge < -0.3 is 5.32 Å². The minimum Gasteiger partial charge on any atom is -0.309 e. The van der Waals surface area contributed by atoms with Crippen LogP contribution < -0.4 is 5.32 Å². The summed E-state index contributed by atoms with van der Waals surface area (Å²) in [6.45, 7) is 8.81. The van der Waals surface area contributed by atoms with Crippen molar-refractivity contribution in [3.63, 3.8) is 0 Å². The van der Waals surface area contributed by atoms with Crippen LogP contribution in [0.25, 0.3) is 0 Å². The molecule has 0 saturated carbocycles. The summed E-state index contributed by atoms with van der Waals surface area (Å²) in [5, 5.41) is 14.6. The highest BCUT2D eigenvalue weighted by Crippen LogP contribution is 2.27. The van der Waals surface area contributed by atoms with Crippen molar-refractivity contribution in [2.24, 2.45) is 5.41 Å². The summed E-state index contributed by atoms with van der Waals surface area (Å²) < 4.78 is 0. The monoisotopic (exact) mass is 270 g/mol. The Morgan fingerprint density at radius 2 is 2.06 bits per heavy atom. The number of halogens is 1. The molecule has 1 N–H and O–H groups in total. The summed E-state index contributed by atoms with van der Waals surface area (Å²) >= 11 is 6.03. The molecule has 100 valence electrons. The second kappa shape index (κ2) is 5.67. The molecule has 0 heterocycles. The molecule has 0 spiro atoms. The topological polar surface area (TPSA) is 55.2 Å². The van der Waals surface area contributed by atoms with Crippen LogP contribution in [0.3, 0.4) is 0 Å². The standard InChI is InChI=1S/C13H19ClN2O2/c1-9(13(2,3)4)15-8-10-11(14)6-5-7-12(10)16(17)18/h5-7,9,15H,8H2,1-4H3. The smallest absolute Gasteiger partial charge is 0.275 e. The molecule has 4 nitrogen and oxygen atoms in total. The van der Waals surface area contributed by atoms with Crippen LogP contribution in [0.1, 0.15) is 33.3 Å². The zero-order chi connectivity index (χ0) is 13.9. The molecule has 1 aromatic carbocycles. The molecule has 0 aliphatic heterocycles. The average Bonchev–Trinajstić information content (AvgIpc) is 2.25. The first-order chi connectivity index (χ1) is 8.23. The van der Waals surface area contributed by atoms with E-state index in [2.05, 4.69) is 33.0 Å². The van der Waals surface area contributed by atoms with Crippen LogP contribution in [0.5, 0.6) is 0 Å². The van der Waals surface area contributed by atoms with E-state index in [9.17, 15) is 10.1 Å². The number of nitro groups is 1. The number of hydrogen-bond donors (Lipinski definition) is 1. The van der Waals surface area contributed by atoms with Crippen molar-refractivity contribution in [2.75, 3.05) is 0 Å². The second-order valence-electron chi connectivity index (χ2n) is 5.46. The molecule has 18 heavy (non-hydrogen) atoms. The van der Waals surface area contributed by atoms with E-state index in [0.29, 0.717) is 17.1 Å². The van der Waals surface area contributed by atoms with E-state index < -0.39 is 4.92 Å². The van der Waals surface area contributed by atoms with Gasteiger partial charge in [0.05, 0.1) is 15.5 Å². The van der Waals surface area contributed by atoms with Gasteiger partial charge in [-0.05, 0) is 18.4 Å². The van der Waals surface area contributed by atoms with Crippen LogP contribution in [0, 0.1) is 15.5 Å². The first-order valence-corrected chi connectivity index (χ1v) is 6.26. The Bertz CT molecular complexity index is 441. The van der Waals surface area contributed by atoms with E-state index in [1.54, 1.807) is 12.1 Å². The van der Waals surface area contributed by atoms with Crippen molar-refractivity contribution in [2.45, 2.75) is 40.3 Å². The lowest BCUT2D eigenvalue weighted by molar-refractivity contribution is -0.385. The van der Waals surface area contributed by atoms with Crippen molar-refractivity contribution in [3.8, 4) is 0 Å². The molecule has 0 aromatic heterocycles. The van der Waals surface area contributed by atoms with Gasteiger partial charge in [0.25, 0.3) is 5.69 Å². The van der Waals surface area contributed by atoms with Crippen LogP contribution in [-0.4, -0.2) is 11.0 Å². The average molecular weight is 271 g/mol. The van der Waals surface area contributed by atoms with Crippen LogP contribution in [-0.2, 0) is 6.54 Å². The fraction of sp³-hybridized carbons (Fsp3) is 0.538. The summed E-state index contributed by atoms with van der Waals surface area (Å²) in [5.41, 5.74) is 0.701. The Hall–Kier alpha value is -1.13. The fourth-order valence-electron chi connectivity index (χ4n) is 1.45. The lowest BCUT2D eigenvalue weighted by Gasteiger charge is -2.28. The van der Waals surface area contributed by atoms with Crippen molar-refractivity contribution < 1.29 is 4.92 Å². The highest BCUT2D eigenvalue weighted by molar-refractivity contribution is 6.31. The second-order valence-corrected chi connectivity index (χ2v) is 5.87. The maximum absolute atomic E-state index is 10.9. The van der Waals surface area contributed by atoms with Gasteiger partial charge in [-0.3, -0.25) is 10.1 Å². The summed E-state index contributed by atoms with van der Waals surface area (Å²) in [6, 6.07) is 4.98. The first-order valence-electron chi connectivity index (χ1n) is 5.88. The lowest BCUT2D eigenvalue weighted by Crippen LogP contribution is -2.37.